The lowest BCUT2D eigenvalue weighted by Gasteiger charge is -2.07. The molecule has 3 rings (SSSR count). The Labute approximate surface area is 169 Å². The van der Waals surface area contributed by atoms with Crippen molar-refractivity contribution in [3.8, 4) is 5.75 Å². The number of nitrogens with one attached hydrogen (secondary N) is 1. The van der Waals surface area contributed by atoms with Gasteiger partial charge in [0.15, 0.2) is 24.1 Å². The monoisotopic (exact) mass is 415 g/mol. The minimum Gasteiger partial charge on any atom is -0.497 e. The highest BCUT2D eigenvalue weighted by molar-refractivity contribution is 5.95. The van der Waals surface area contributed by atoms with Gasteiger partial charge in [0.2, 0.25) is 0 Å². The molecule has 3 aromatic carbocycles. The SMILES string of the molecule is COc1ccc2cc(/C=C/C(=O)OCC(=O)Nc3ccc(F)c(F)c3F)ccc2c1. The number of esters is 1. The fourth-order valence-electron chi connectivity index (χ4n) is 2.63. The number of amides is 1. The molecule has 0 aliphatic carbocycles. The molecule has 0 unspecified atom stereocenters. The van der Waals surface area contributed by atoms with E-state index in [9.17, 15) is 22.8 Å². The normalized spacial score (nSPS) is 10.9. The molecule has 0 bridgehead atoms. The first-order valence-corrected chi connectivity index (χ1v) is 8.73. The number of rotatable bonds is 6. The number of hydrogen-bond acceptors (Lipinski definition) is 4. The molecule has 30 heavy (non-hydrogen) atoms. The molecule has 5 nitrogen and oxygen atoms in total. The smallest absolute Gasteiger partial charge is 0.331 e. The van der Waals surface area contributed by atoms with Gasteiger partial charge in [0, 0.05) is 6.08 Å². The number of halogens is 3. The van der Waals surface area contributed by atoms with Crippen LogP contribution in [0.3, 0.4) is 0 Å². The van der Waals surface area contributed by atoms with Gasteiger partial charge in [0.05, 0.1) is 12.8 Å². The molecule has 0 fully saturated rings. The van der Waals surface area contributed by atoms with Crippen LogP contribution in [-0.2, 0) is 14.3 Å². The molecular formula is C22H16F3NO4. The minimum absolute atomic E-state index is 0.557. The van der Waals surface area contributed by atoms with E-state index in [2.05, 4.69) is 0 Å². The molecule has 0 heterocycles. The van der Waals surface area contributed by atoms with Crippen molar-refractivity contribution in [1.29, 1.82) is 0 Å². The largest absolute Gasteiger partial charge is 0.497 e. The minimum atomic E-state index is -1.71. The number of carbonyl (C=O) groups excluding carboxylic acids is 2. The van der Waals surface area contributed by atoms with Gasteiger partial charge in [-0.2, -0.15) is 0 Å². The summed E-state index contributed by atoms with van der Waals surface area (Å²) in [4.78, 5) is 23.5. The van der Waals surface area contributed by atoms with E-state index in [-0.39, 0.29) is 0 Å². The molecule has 0 spiro atoms. The molecule has 0 aliphatic heterocycles. The number of methoxy groups -OCH3 is 1. The molecule has 0 aliphatic rings. The van der Waals surface area contributed by atoms with Gasteiger partial charge in [0.25, 0.3) is 5.91 Å². The van der Waals surface area contributed by atoms with Crippen LogP contribution in [0.15, 0.2) is 54.6 Å². The Bertz CT molecular complexity index is 1140. The molecule has 0 saturated carbocycles. The first-order chi connectivity index (χ1) is 14.4. The Morgan fingerprint density at radius 1 is 0.967 bits per heavy atom. The topological polar surface area (TPSA) is 64.6 Å². The summed E-state index contributed by atoms with van der Waals surface area (Å²) in [5.41, 5.74) is 0.177. The van der Waals surface area contributed by atoms with E-state index in [1.54, 1.807) is 13.2 Å². The zero-order valence-corrected chi connectivity index (χ0v) is 15.7. The summed E-state index contributed by atoms with van der Waals surface area (Å²) in [5, 5.41) is 3.92. The first kappa shape index (κ1) is 20.9. The summed E-state index contributed by atoms with van der Waals surface area (Å²) in [5.74, 6) is -5.59. The molecule has 0 radical (unpaired) electrons. The van der Waals surface area contributed by atoms with Crippen molar-refractivity contribution in [1.82, 2.24) is 0 Å². The van der Waals surface area contributed by atoms with Gasteiger partial charge >= 0.3 is 5.97 Å². The summed E-state index contributed by atoms with van der Waals surface area (Å²) in [7, 11) is 1.58. The lowest BCUT2D eigenvalue weighted by molar-refractivity contribution is -0.142. The van der Waals surface area contributed by atoms with Gasteiger partial charge in [-0.25, -0.2) is 18.0 Å². The van der Waals surface area contributed by atoms with E-state index in [1.165, 1.54) is 6.08 Å². The fraction of sp³-hybridized carbons (Fsp3) is 0.0909. The average Bonchev–Trinajstić information content (AvgIpc) is 2.76. The number of carbonyl (C=O) groups is 2. The third-order valence-corrected chi connectivity index (χ3v) is 4.14. The summed E-state index contributed by atoms with van der Waals surface area (Å²) >= 11 is 0. The van der Waals surface area contributed by atoms with Crippen molar-refractivity contribution < 1.29 is 32.2 Å². The Morgan fingerprint density at radius 3 is 2.47 bits per heavy atom. The second-order valence-electron chi connectivity index (χ2n) is 6.18. The van der Waals surface area contributed by atoms with Crippen molar-refractivity contribution in [2.24, 2.45) is 0 Å². The molecule has 0 aromatic heterocycles. The molecular weight excluding hydrogens is 399 g/mol. The van der Waals surface area contributed by atoms with Crippen molar-refractivity contribution >= 4 is 34.4 Å². The highest BCUT2D eigenvalue weighted by atomic mass is 19.2. The van der Waals surface area contributed by atoms with Gasteiger partial charge in [0.1, 0.15) is 5.75 Å². The number of fused-ring (bicyclic) bond motifs is 1. The van der Waals surface area contributed by atoms with E-state index in [1.807, 2.05) is 35.6 Å². The Hall–Kier alpha value is -3.81. The van der Waals surface area contributed by atoms with Crippen LogP contribution in [0.4, 0.5) is 18.9 Å². The van der Waals surface area contributed by atoms with Crippen LogP contribution in [0.2, 0.25) is 0 Å². The predicted molar refractivity (Wildman–Crippen MR) is 105 cm³/mol. The van der Waals surface area contributed by atoms with E-state index in [0.717, 1.165) is 34.2 Å². The lowest BCUT2D eigenvalue weighted by atomic mass is 10.1. The average molecular weight is 415 g/mol. The van der Waals surface area contributed by atoms with Gasteiger partial charge in [-0.15, -0.1) is 0 Å². The van der Waals surface area contributed by atoms with Crippen LogP contribution < -0.4 is 10.1 Å². The van der Waals surface area contributed by atoms with Gasteiger partial charge in [-0.05, 0) is 52.7 Å². The number of ether oxygens (including phenoxy) is 2. The first-order valence-electron chi connectivity index (χ1n) is 8.73. The summed E-state index contributed by atoms with van der Waals surface area (Å²) in [6.07, 6.45) is 2.65. The number of benzene rings is 3. The third-order valence-electron chi connectivity index (χ3n) is 4.14. The Kier molecular flexibility index (Phi) is 6.36. The molecule has 0 atom stereocenters. The molecule has 1 N–H and O–H groups in total. The molecule has 0 saturated heterocycles. The maximum absolute atomic E-state index is 13.5. The zero-order chi connectivity index (χ0) is 21.7. The van der Waals surface area contributed by atoms with Crippen LogP contribution in [0, 0.1) is 17.5 Å². The van der Waals surface area contributed by atoms with Crippen LogP contribution in [-0.4, -0.2) is 25.6 Å². The molecule has 3 aromatic rings. The lowest BCUT2D eigenvalue weighted by Crippen LogP contribution is -2.21. The van der Waals surface area contributed by atoms with Gasteiger partial charge in [-0.3, -0.25) is 4.79 Å². The Balaban J connectivity index is 1.56. The highest BCUT2D eigenvalue weighted by Crippen LogP contribution is 2.22. The van der Waals surface area contributed by atoms with E-state index >= 15 is 0 Å². The van der Waals surface area contributed by atoms with Crippen LogP contribution in [0.25, 0.3) is 16.8 Å². The van der Waals surface area contributed by atoms with Crippen molar-refractivity contribution in [2.45, 2.75) is 0 Å². The number of anilines is 1. The molecule has 1 amide bonds. The van der Waals surface area contributed by atoms with Crippen LogP contribution >= 0.6 is 0 Å². The summed E-state index contributed by atoms with van der Waals surface area (Å²) in [6.45, 7) is -0.723. The summed E-state index contributed by atoms with van der Waals surface area (Å²) in [6, 6.07) is 12.6. The van der Waals surface area contributed by atoms with Crippen molar-refractivity contribution in [3.05, 3.63) is 77.6 Å². The quantitative estimate of drug-likeness (QED) is 0.367. The third kappa shape index (κ3) is 4.96. The number of hydrogen-bond donors (Lipinski definition) is 1. The predicted octanol–water partition coefficient (Wildman–Crippen LogP) is 4.46. The van der Waals surface area contributed by atoms with Crippen LogP contribution in [0.1, 0.15) is 5.56 Å². The van der Waals surface area contributed by atoms with Gasteiger partial charge < -0.3 is 14.8 Å². The second kappa shape index (κ2) is 9.13. The zero-order valence-electron chi connectivity index (χ0n) is 15.7. The van der Waals surface area contributed by atoms with E-state index < -0.39 is 41.6 Å². The maximum Gasteiger partial charge on any atom is 0.331 e. The summed E-state index contributed by atoms with van der Waals surface area (Å²) < 4.78 is 49.5. The van der Waals surface area contributed by atoms with Crippen molar-refractivity contribution in [2.75, 3.05) is 19.0 Å². The van der Waals surface area contributed by atoms with E-state index in [0.29, 0.717) is 6.07 Å². The fourth-order valence-corrected chi connectivity index (χ4v) is 2.63. The standard InChI is InChI=1S/C22H16F3NO4/c1-29-16-6-5-14-10-13(2-4-15(14)11-16)3-9-20(28)30-12-19(27)26-18-8-7-17(23)21(24)22(18)25/h2-11H,12H2,1H3,(H,26,27)/b9-3+. The van der Waals surface area contributed by atoms with E-state index in [4.69, 9.17) is 9.47 Å². The molecule has 8 heteroatoms. The van der Waals surface area contributed by atoms with Crippen LogP contribution in [0.5, 0.6) is 5.75 Å². The van der Waals surface area contributed by atoms with Crippen molar-refractivity contribution in [3.63, 3.8) is 0 Å². The van der Waals surface area contributed by atoms with Gasteiger partial charge in [-0.1, -0.05) is 18.2 Å². The Morgan fingerprint density at radius 2 is 1.70 bits per heavy atom. The second-order valence-corrected chi connectivity index (χ2v) is 6.18. The maximum atomic E-state index is 13.5. The highest BCUT2D eigenvalue weighted by Gasteiger charge is 2.15. The molecule has 154 valence electrons.